The second kappa shape index (κ2) is 8.92. The van der Waals surface area contributed by atoms with Gasteiger partial charge in [0, 0.05) is 18.0 Å². The monoisotopic (exact) mass is 401 g/mol. The number of aryl methyl sites for hydroxylation is 1. The molecule has 0 aliphatic carbocycles. The molecule has 0 spiro atoms. The average Bonchev–Trinajstić information content (AvgIpc) is 3.14. The third-order valence-electron chi connectivity index (χ3n) is 3.69. The number of anilines is 1. The Hall–Kier alpha value is -2.52. The van der Waals surface area contributed by atoms with Crippen LogP contribution in [0.2, 0.25) is 0 Å². The molecule has 27 heavy (non-hydrogen) atoms. The van der Waals surface area contributed by atoms with Gasteiger partial charge in [-0.2, -0.15) is 5.10 Å². The number of nitrogens with zero attached hydrogens (tertiary/aromatic N) is 4. The summed E-state index contributed by atoms with van der Waals surface area (Å²) < 4.78 is 2.29. The Morgan fingerprint density at radius 2 is 1.96 bits per heavy atom. The van der Waals surface area contributed by atoms with Crippen LogP contribution in [-0.4, -0.2) is 31.6 Å². The zero-order chi connectivity index (χ0) is 19.2. The fraction of sp³-hybridized carbons (Fsp3) is 0.278. The van der Waals surface area contributed by atoms with E-state index in [0.717, 1.165) is 28.6 Å². The maximum absolute atomic E-state index is 12.5. The highest BCUT2D eigenvalue weighted by atomic mass is 32.2. The van der Waals surface area contributed by atoms with Gasteiger partial charge in [-0.25, -0.2) is 4.68 Å². The second-order valence-electron chi connectivity index (χ2n) is 5.67. The minimum Gasteiger partial charge on any atom is -0.295 e. The van der Waals surface area contributed by atoms with Crippen LogP contribution < -0.4 is 10.7 Å². The molecule has 2 heterocycles. The number of amides is 1. The van der Waals surface area contributed by atoms with Crippen LogP contribution in [0.25, 0.3) is 5.69 Å². The third-order valence-corrected chi connectivity index (χ3v) is 5.87. The lowest BCUT2D eigenvalue weighted by Crippen LogP contribution is -2.25. The normalized spacial score (nSPS) is 10.7. The number of rotatable bonds is 7. The van der Waals surface area contributed by atoms with Gasteiger partial charge < -0.3 is 0 Å². The van der Waals surface area contributed by atoms with Crippen LogP contribution in [0.4, 0.5) is 5.13 Å². The summed E-state index contributed by atoms with van der Waals surface area (Å²) in [5.74, 6) is 0.340. The molecule has 0 aliphatic rings. The second-order valence-corrected chi connectivity index (χ2v) is 7.99. The molecule has 0 saturated carbocycles. The zero-order valence-electron chi connectivity index (χ0n) is 15.0. The predicted octanol–water partition coefficient (Wildman–Crippen LogP) is 3.40. The lowest BCUT2D eigenvalue weighted by molar-refractivity contribution is 0.101. The highest BCUT2D eigenvalue weighted by Crippen LogP contribution is 2.25. The van der Waals surface area contributed by atoms with Crippen molar-refractivity contribution >= 4 is 34.1 Å². The van der Waals surface area contributed by atoms with Gasteiger partial charge in [-0.05, 0) is 30.5 Å². The number of hydrogen-bond acceptors (Lipinski definition) is 7. The molecule has 0 unspecified atom stereocenters. The smallest absolute Gasteiger partial charge is 0.282 e. The zero-order valence-corrected chi connectivity index (χ0v) is 16.6. The van der Waals surface area contributed by atoms with E-state index in [1.807, 2.05) is 24.3 Å². The van der Waals surface area contributed by atoms with E-state index in [2.05, 4.69) is 34.5 Å². The number of thioether (sulfide) groups is 1. The van der Waals surface area contributed by atoms with E-state index < -0.39 is 11.3 Å². The van der Waals surface area contributed by atoms with Crippen molar-refractivity contribution in [3.63, 3.8) is 0 Å². The average molecular weight is 402 g/mol. The summed E-state index contributed by atoms with van der Waals surface area (Å²) in [5, 5.41) is 15.1. The molecule has 0 radical (unpaired) electrons. The predicted molar refractivity (Wildman–Crippen MR) is 108 cm³/mol. The van der Waals surface area contributed by atoms with Crippen molar-refractivity contribution in [2.75, 3.05) is 11.1 Å². The van der Waals surface area contributed by atoms with Crippen LogP contribution in [0.3, 0.4) is 0 Å². The van der Waals surface area contributed by atoms with E-state index in [1.165, 1.54) is 27.6 Å². The van der Waals surface area contributed by atoms with Crippen molar-refractivity contribution in [1.82, 2.24) is 20.0 Å². The standard InChI is InChI=1S/C18H19N5O2S2/c1-3-11-26-18-21-20-17(27-18)19-16(25)15-14(24)9-10-23(22-15)13-7-5-12(4-2)6-8-13/h5-10H,3-4,11H2,1-2H3,(H,19,20,25). The van der Waals surface area contributed by atoms with Crippen LogP contribution >= 0.6 is 23.1 Å². The summed E-state index contributed by atoms with van der Waals surface area (Å²) >= 11 is 2.86. The van der Waals surface area contributed by atoms with Crippen LogP contribution in [0.15, 0.2) is 45.7 Å². The molecule has 7 nitrogen and oxygen atoms in total. The van der Waals surface area contributed by atoms with Crippen molar-refractivity contribution in [3.05, 3.63) is 58.0 Å². The van der Waals surface area contributed by atoms with Gasteiger partial charge in [-0.15, -0.1) is 10.2 Å². The SMILES string of the molecule is CCCSc1nnc(NC(=O)c2nn(-c3ccc(CC)cc3)ccc2=O)s1. The summed E-state index contributed by atoms with van der Waals surface area (Å²) in [7, 11) is 0. The Bertz CT molecular complexity index is 982. The number of nitrogens with one attached hydrogen (secondary N) is 1. The minimum absolute atomic E-state index is 0.185. The van der Waals surface area contributed by atoms with Crippen LogP contribution in [0, 0.1) is 0 Å². The molecule has 3 aromatic rings. The summed E-state index contributed by atoms with van der Waals surface area (Å²) in [6, 6.07) is 9.12. The van der Waals surface area contributed by atoms with E-state index in [1.54, 1.807) is 18.0 Å². The quantitative estimate of drug-likeness (QED) is 0.482. The first kappa shape index (κ1) is 19.2. The van der Waals surface area contributed by atoms with Crippen molar-refractivity contribution in [2.45, 2.75) is 31.0 Å². The van der Waals surface area contributed by atoms with Gasteiger partial charge in [0.25, 0.3) is 5.91 Å². The minimum atomic E-state index is -0.595. The van der Waals surface area contributed by atoms with Gasteiger partial charge in [0.2, 0.25) is 10.6 Å². The van der Waals surface area contributed by atoms with E-state index in [-0.39, 0.29) is 5.69 Å². The van der Waals surface area contributed by atoms with Gasteiger partial charge in [-0.1, -0.05) is 49.1 Å². The maximum Gasteiger partial charge on any atom is 0.282 e. The lowest BCUT2D eigenvalue weighted by Gasteiger charge is -2.07. The molecule has 0 atom stereocenters. The van der Waals surface area contributed by atoms with Gasteiger partial charge in [0.05, 0.1) is 5.69 Å². The van der Waals surface area contributed by atoms with E-state index >= 15 is 0 Å². The van der Waals surface area contributed by atoms with Crippen molar-refractivity contribution in [2.24, 2.45) is 0 Å². The molecule has 1 amide bonds. The molecule has 2 aromatic heterocycles. The first-order valence-electron chi connectivity index (χ1n) is 8.57. The van der Waals surface area contributed by atoms with Crippen molar-refractivity contribution in [1.29, 1.82) is 0 Å². The Morgan fingerprint density at radius 3 is 2.67 bits per heavy atom. The molecule has 0 fully saturated rings. The Labute approximate surface area is 164 Å². The molecular weight excluding hydrogens is 382 g/mol. The van der Waals surface area contributed by atoms with Crippen LogP contribution in [0.5, 0.6) is 0 Å². The number of carbonyl (C=O) groups excluding carboxylic acids is 1. The van der Waals surface area contributed by atoms with Gasteiger partial charge in [0.15, 0.2) is 10.0 Å². The highest BCUT2D eigenvalue weighted by molar-refractivity contribution is 8.01. The highest BCUT2D eigenvalue weighted by Gasteiger charge is 2.16. The third kappa shape index (κ3) is 4.81. The molecule has 9 heteroatoms. The largest absolute Gasteiger partial charge is 0.295 e. The van der Waals surface area contributed by atoms with Crippen LogP contribution in [0.1, 0.15) is 36.3 Å². The molecule has 140 valence electrons. The fourth-order valence-electron chi connectivity index (χ4n) is 2.26. The summed E-state index contributed by atoms with van der Waals surface area (Å²) in [4.78, 5) is 24.6. The Balaban J connectivity index is 1.79. The lowest BCUT2D eigenvalue weighted by atomic mass is 10.1. The first-order valence-corrected chi connectivity index (χ1v) is 10.4. The fourth-order valence-corrected chi connectivity index (χ4v) is 3.93. The molecule has 1 N–H and O–H groups in total. The van der Waals surface area contributed by atoms with Crippen molar-refractivity contribution < 1.29 is 4.79 Å². The summed E-state index contributed by atoms with van der Waals surface area (Å²) in [6.45, 7) is 4.16. The topological polar surface area (TPSA) is 89.8 Å². The van der Waals surface area contributed by atoms with E-state index in [4.69, 9.17) is 0 Å². The van der Waals surface area contributed by atoms with Gasteiger partial charge in [-0.3, -0.25) is 14.9 Å². The van der Waals surface area contributed by atoms with Crippen LogP contribution in [-0.2, 0) is 6.42 Å². The van der Waals surface area contributed by atoms with Gasteiger partial charge >= 0.3 is 0 Å². The van der Waals surface area contributed by atoms with E-state index in [0.29, 0.717) is 5.13 Å². The molecular formula is C18H19N5O2S2. The number of carbonyl (C=O) groups is 1. The maximum atomic E-state index is 12.5. The molecule has 0 bridgehead atoms. The Kier molecular flexibility index (Phi) is 6.36. The number of benzene rings is 1. The Morgan fingerprint density at radius 1 is 1.19 bits per heavy atom. The summed E-state index contributed by atoms with van der Waals surface area (Å²) in [5.41, 5.74) is 1.34. The van der Waals surface area contributed by atoms with Crippen molar-refractivity contribution in [3.8, 4) is 5.69 Å². The number of hydrogen-bond donors (Lipinski definition) is 1. The number of aromatic nitrogens is 4. The molecule has 0 saturated heterocycles. The molecule has 1 aromatic carbocycles. The first-order chi connectivity index (χ1) is 13.1. The summed E-state index contributed by atoms with van der Waals surface area (Å²) in [6.07, 6.45) is 3.51. The van der Waals surface area contributed by atoms with E-state index in [9.17, 15) is 9.59 Å². The molecule has 3 rings (SSSR count). The molecule has 0 aliphatic heterocycles. The van der Waals surface area contributed by atoms with Gasteiger partial charge in [0.1, 0.15) is 0 Å².